The van der Waals surface area contributed by atoms with Gasteiger partial charge in [0, 0.05) is 18.0 Å². The molecule has 0 spiro atoms. The number of halogens is 1. The molecule has 0 saturated carbocycles. The highest BCUT2D eigenvalue weighted by molar-refractivity contribution is 6.21. The lowest BCUT2D eigenvalue weighted by molar-refractivity contribution is 0.143. The van der Waals surface area contributed by atoms with Crippen LogP contribution in [0.5, 0.6) is 0 Å². The van der Waals surface area contributed by atoms with E-state index < -0.39 is 0 Å². The van der Waals surface area contributed by atoms with Gasteiger partial charge in [0.15, 0.2) is 0 Å². The summed E-state index contributed by atoms with van der Waals surface area (Å²) >= 11 is 6.26. The lowest BCUT2D eigenvalue weighted by Gasteiger charge is -2.37. The third kappa shape index (κ3) is 3.14. The Bertz CT molecular complexity index is 149. The minimum absolute atomic E-state index is 0.369. The highest BCUT2D eigenvalue weighted by Gasteiger charge is 2.26. The second kappa shape index (κ2) is 5.21. The van der Waals surface area contributed by atoms with Crippen molar-refractivity contribution in [1.29, 1.82) is 0 Å². The molecule has 0 radical (unpaired) electrons. The SMILES string of the molecule is CCCC(C)N1CCC(C)C(Cl)C1. The maximum absolute atomic E-state index is 6.26. The molecule has 1 saturated heterocycles. The third-order valence-corrected chi connectivity index (χ3v) is 3.80. The van der Waals surface area contributed by atoms with Crippen molar-refractivity contribution in [2.75, 3.05) is 13.1 Å². The van der Waals surface area contributed by atoms with E-state index in [0.717, 1.165) is 12.6 Å². The molecule has 1 rings (SSSR count). The van der Waals surface area contributed by atoms with Gasteiger partial charge < -0.3 is 0 Å². The Kier molecular flexibility index (Phi) is 4.54. The Morgan fingerprint density at radius 3 is 2.77 bits per heavy atom. The van der Waals surface area contributed by atoms with Gasteiger partial charge in [-0.15, -0.1) is 11.6 Å². The molecule has 13 heavy (non-hydrogen) atoms. The van der Waals surface area contributed by atoms with Gasteiger partial charge in [0.25, 0.3) is 0 Å². The molecule has 3 unspecified atom stereocenters. The van der Waals surface area contributed by atoms with Crippen molar-refractivity contribution in [3.05, 3.63) is 0 Å². The summed E-state index contributed by atoms with van der Waals surface area (Å²) in [6, 6.07) is 0.721. The summed E-state index contributed by atoms with van der Waals surface area (Å²) in [5.74, 6) is 0.701. The van der Waals surface area contributed by atoms with Gasteiger partial charge in [0.05, 0.1) is 0 Å². The van der Waals surface area contributed by atoms with E-state index in [1.165, 1.54) is 25.8 Å². The number of likely N-dealkylation sites (tertiary alicyclic amines) is 1. The topological polar surface area (TPSA) is 3.24 Å². The number of piperidine rings is 1. The van der Waals surface area contributed by atoms with Gasteiger partial charge in [-0.1, -0.05) is 20.3 Å². The summed E-state index contributed by atoms with van der Waals surface area (Å²) in [6.45, 7) is 9.17. The highest BCUT2D eigenvalue weighted by Crippen LogP contribution is 2.24. The summed E-state index contributed by atoms with van der Waals surface area (Å²) in [7, 11) is 0. The number of alkyl halides is 1. The molecule has 2 heteroatoms. The minimum atomic E-state index is 0.369. The van der Waals surface area contributed by atoms with E-state index in [2.05, 4.69) is 25.7 Å². The maximum atomic E-state index is 6.26. The molecule has 0 amide bonds. The average Bonchev–Trinajstić information content (AvgIpc) is 2.10. The van der Waals surface area contributed by atoms with Crippen LogP contribution in [0.3, 0.4) is 0 Å². The first kappa shape index (κ1) is 11.3. The van der Waals surface area contributed by atoms with Gasteiger partial charge in [-0.05, 0) is 32.2 Å². The highest BCUT2D eigenvalue weighted by atomic mass is 35.5. The van der Waals surface area contributed by atoms with Gasteiger partial charge in [-0.2, -0.15) is 0 Å². The Balaban J connectivity index is 2.36. The lowest BCUT2D eigenvalue weighted by Crippen LogP contribution is -2.44. The number of rotatable bonds is 3. The first-order valence-electron chi connectivity index (χ1n) is 5.53. The molecular weight excluding hydrogens is 182 g/mol. The van der Waals surface area contributed by atoms with Crippen LogP contribution >= 0.6 is 11.6 Å². The smallest absolute Gasteiger partial charge is 0.0489 e. The fourth-order valence-electron chi connectivity index (χ4n) is 2.05. The molecule has 1 nitrogen and oxygen atoms in total. The predicted molar refractivity (Wildman–Crippen MR) is 59.4 cm³/mol. The van der Waals surface area contributed by atoms with E-state index in [0.29, 0.717) is 11.3 Å². The largest absolute Gasteiger partial charge is 0.299 e. The molecule has 78 valence electrons. The Morgan fingerprint density at radius 2 is 2.23 bits per heavy atom. The van der Waals surface area contributed by atoms with Crippen LogP contribution in [0.1, 0.15) is 40.0 Å². The van der Waals surface area contributed by atoms with E-state index in [1.807, 2.05) is 0 Å². The molecule has 1 fully saturated rings. The summed E-state index contributed by atoms with van der Waals surface area (Å²) < 4.78 is 0. The molecule has 0 N–H and O–H groups in total. The van der Waals surface area contributed by atoms with Gasteiger partial charge in [-0.3, -0.25) is 4.90 Å². The van der Waals surface area contributed by atoms with Crippen LogP contribution in [0.25, 0.3) is 0 Å². The van der Waals surface area contributed by atoms with Crippen molar-refractivity contribution in [3.8, 4) is 0 Å². The summed E-state index contributed by atoms with van der Waals surface area (Å²) in [6.07, 6.45) is 3.85. The summed E-state index contributed by atoms with van der Waals surface area (Å²) in [5, 5.41) is 0.369. The van der Waals surface area contributed by atoms with Gasteiger partial charge in [-0.25, -0.2) is 0 Å². The fraction of sp³-hybridized carbons (Fsp3) is 1.00. The van der Waals surface area contributed by atoms with Crippen LogP contribution in [0.4, 0.5) is 0 Å². The second-order valence-electron chi connectivity index (χ2n) is 4.41. The minimum Gasteiger partial charge on any atom is -0.299 e. The summed E-state index contributed by atoms with van der Waals surface area (Å²) in [4.78, 5) is 2.54. The molecule has 0 aromatic carbocycles. The van der Waals surface area contributed by atoms with Gasteiger partial charge in [0.2, 0.25) is 0 Å². The molecule has 0 aromatic heterocycles. The lowest BCUT2D eigenvalue weighted by atomic mass is 9.97. The normalized spacial score (nSPS) is 33.2. The molecule has 1 aliphatic rings. The summed E-state index contributed by atoms with van der Waals surface area (Å²) in [5.41, 5.74) is 0. The van der Waals surface area contributed by atoms with E-state index in [4.69, 9.17) is 11.6 Å². The second-order valence-corrected chi connectivity index (χ2v) is 4.98. The zero-order chi connectivity index (χ0) is 9.84. The number of nitrogens with zero attached hydrogens (tertiary/aromatic N) is 1. The van der Waals surface area contributed by atoms with Crippen molar-refractivity contribution in [3.63, 3.8) is 0 Å². The fourth-order valence-corrected chi connectivity index (χ4v) is 2.35. The van der Waals surface area contributed by atoms with E-state index in [-0.39, 0.29) is 0 Å². The number of hydrogen-bond donors (Lipinski definition) is 0. The third-order valence-electron chi connectivity index (χ3n) is 3.23. The van der Waals surface area contributed by atoms with Crippen LogP contribution in [-0.4, -0.2) is 29.4 Å². The zero-order valence-electron chi connectivity index (χ0n) is 9.09. The van der Waals surface area contributed by atoms with Crippen molar-refractivity contribution in [2.24, 2.45) is 5.92 Å². The van der Waals surface area contributed by atoms with Crippen molar-refractivity contribution in [1.82, 2.24) is 4.90 Å². The molecule has 0 bridgehead atoms. The van der Waals surface area contributed by atoms with Crippen molar-refractivity contribution >= 4 is 11.6 Å². The van der Waals surface area contributed by atoms with Gasteiger partial charge >= 0.3 is 0 Å². The molecule has 1 aliphatic heterocycles. The number of hydrogen-bond acceptors (Lipinski definition) is 1. The first-order valence-corrected chi connectivity index (χ1v) is 5.97. The van der Waals surface area contributed by atoms with Gasteiger partial charge in [0.1, 0.15) is 0 Å². The first-order chi connectivity index (χ1) is 6.15. The molecule has 3 atom stereocenters. The van der Waals surface area contributed by atoms with Crippen LogP contribution in [0, 0.1) is 5.92 Å². The van der Waals surface area contributed by atoms with Crippen LogP contribution < -0.4 is 0 Å². The van der Waals surface area contributed by atoms with Crippen LogP contribution in [0.2, 0.25) is 0 Å². The Labute approximate surface area is 87.4 Å². The average molecular weight is 204 g/mol. The monoisotopic (exact) mass is 203 g/mol. The van der Waals surface area contributed by atoms with Crippen LogP contribution in [0.15, 0.2) is 0 Å². The van der Waals surface area contributed by atoms with E-state index >= 15 is 0 Å². The Hall–Kier alpha value is 0.250. The molecule has 0 aliphatic carbocycles. The quantitative estimate of drug-likeness (QED) is 0.638. The molecular formula is C11H22ClN. The van der Waals surface area contributed by atoms with Crippen molar-refractivity contribution in [2.45, 2.75) is 51.5 Å². The predicted octanol–water partition coefficient (Wildman–Crippen LogP) is 3.12. The molecule has 1 heterocycles. The van der Waals surface area contributed by atoms with Crippen LogP contribution in [-0.2, 0) is 0 Å². The van der Waals surface area contributed by atoms with Crippen molar-refractivity contribution < 1.29 is 0 Å². The van der Waals surface area contributed by atoms with E-state index in [1.54, 1.807) is 0 Å². The van der Waals surface area contributed by atoms with E-state index in [9.17, 15) is 0 Å². The zero-order valence-corrected chi connectivity index (χ0v) is 9.85. The maximum Gasteiger partial charge on any atom is 0.0489 e. The standard InChI is InChI=1S/C11H22ClN/c1-4-5-10(3)13-7-6-9(2)11(12)8-13/h9-11H,4-8H2,1-3H3. The Morgan fingerprint density at radius 1 is 1.54 bits per heavy atom. The molecule has 0 aromatic rings.